The van der Waals surface area contributed by atoms with Crippen molar-refractivity contribution in [2.75, 3.05) is 0 Å². The fourth-order valence-electron chi connectivity index (χ4n) is 7.03. The summed E-state index contributed by atoms with van der Waals surface area (Å²) in [6.45, 7) is 0. The molecule has 4 fully saturated rings. The van der Waals surface area contributed by atoms with Gasteiger partial charge in [0.15, 0.2) is 0 Å². The van der Waals surface area contributed by atoms with Crippen molar-refractivity contribution < 1.29 is 20.4 Å². The van der Waals surface area contributed by atoms with Crippen LogP contribution in [0.1, 0.15) is 151 Å². The average Bonchev–Trinajstić information content (AvgIpc) is 3.72. The van der Waals surface area contributed by atoms with E-state index in [4.69, 9.17) is 20.0 Å². The van der Waals surface area contributed by atoms with Crippen LogP contribution in [0.3, 0.4) is 0 Å². The second-order valence-electron chi connectivity index (χ2n) is 13.2. The van der Waals surface area contributed by atoms with Gasteiger partial charge in [-0.25, -0.2) is 0 Å². The van der Waals surface area contributed by atoms with Crippen molar-refractivity contribution in [3.8, 4) is 0 Å². The molecule has 4 aliphatic carbocycles. The van der Waals surface area contributed by atoms with Crippen LogP contribution in [-0.2, 0) is 20.4 Å². The van der Waals surface area contributed by atoms with E-state index in [1.807, 2.05) is 0 Å². The minimum Gasteiger partial charge on any atom is -0.337 e. The summed E-state index contributed by atoms with van der Waals surface area (Å²) < 4.78 is 0. The third kappa shape index (κ3) is 11.8. The van der Waals surface area contributed by atoms with Crippen molar-refractivity contribution in [2.45, 2.75) is 153 Å². The van der Waals surface area contributed by atoms with Gasteiger partial charge in [-0.3, -0.25) is 9.98 Å². The van der Waals surface area contributed by atoms with Gasteiger partial charge >= 0.3 is 20.4 Å². The molecule has 0 aromatic heterocycles. The SMILES string of the molecule is C(=NC1CCCCC1)c1ccc[c-]1C=NC1CCCCC1.C(=NC1CCCCC1)c1ccc[c-]1C=NC1CCCCC1.[Pd+2]. The molecule has 0 unspecified atom stereocenters. The van der Waals surface area contributed by atoms with E-state index in [-0.39, 0.29) is 20.4 Å². The molecule has 2 aromatic carbocycles. The molecular weight excluding hydrogens is 619 g/mol. The van der Waals surface area contributed by atoms with Gasteiger partial charge in [-0.1, -0.05) is 101 Å². The number of rotatable bonds is 8. The van der Waals surface area contributed by atoms with Gasteiger partial charge < -0.3 is 9.98 Å². The van der Waals surface area contributed by atoms with Crippen LogP contribution in [0.5, 0.6) is 0 Å². The minimum atomic E-state index is 0. The third-order valence-corrected chi connectivity index (χ3v) is 9.77. The molecule has 0 spiro atoms. The van der Waals surface area contributed by atoms with E-state index in [0.717, 1.165) is 0 Å². The fourth-order valence-corrected chi connectivity index (χ4v) is 7.03. The van der Waals surface area contributed by atoms with Crippen LogP contribution in [0.25, 0.3) is 0 Å². The summed E-state index contributed by atoms with van der Waals surface area (Å²) in [4.78, 5) is 19.2. The molecular formula is C38H54N4Pd. The first-order valence-electron chi connectivity index (χ1n) is 17.5. The molecule has 5 heteroatoms. The predicted molar refractivity (Wildman–Crippen MR) is 182 cm³/mol. The van der Waals surface area contributed by atoms with E-state index < -0.39 is 0 Å². The van der Waals surface area contributed by atoms with E-state index in [1.54, 1.807) is 0 Å². The van der Waals surface area contributed by atoms with Crippen molar-refractivity contribution in [3.05, 3.63) is 58.7 Å². The van der Waals surface area contributed by atoms with E-state index in [9.17, 15) is 0 Å². The van der Waals surface area contributed by atoms with Gasteiger partial charge in [0.25, 0.3) is 0 Å². The Labute approximate surface area is 275 Å². The number of aliphatic imine (C=N–C) groups is 4. The maximum absolute atomic E-state index is 4.79. The summed E-state index contributed by atoms with van der Waals surface area (Å²) in [7, 11) is 0. The van der Waals surface area contributed by atoms with Gasteiger partial charge in [-0.15, -0.1) is 23.3 Å². The maximum atomic E-state index is 4.79. The molecule has 0 radical (unpaired) electrons. The Morgan fingerprint density at radius 2 is 0.744 bits per heavy atom. The first-order chi connectivity index (χ1) is 20.8. The summed E-state index contributed by atoms with van der Waals surface area (Å²) in [5.41, 5.74) is 4.94. The minimum absolute atomic E-state index is 0. The van der Waals surface area contributed by atoms with Crippen LogP contribution < -0.4 is 0 Å². The smallest absolute Gasteiger partial charge is 0.337 e. The fraction of sp³-hybridized carbons (Fsp3) is 0.632. The van der Waals surface area contributed by atoms with Crippen LogP contribution in [0.15, 0.2) is 56.4 Å². The standard InChI is InChI=1S/2C19H27N2.Pd/c2*1-3-10-18(11-4-1)20-14-16-8-7-9-17(16)15-21-19-12-5-2-6-13-19;/h2*7-9,14-15,18-19H,1-6,10-13H2;/q2*-1;+2. The summed E-state index contributed by atoms with van der Waals surface area (Å²) >= 11 is 0. The second-order valence-corrected chi connectivity index (χ2v) is 13.2. The Morgan fingerprint density at radius 1 is 0.442 bits per heavy atom. The molecule has 0 heterocycles. The van der Waals surface area contributed by atoms with E-state index in [1.165, 1.54) is 151 Å². The quantitative estimate of drug-likeness (QED) is 0.152. The summed E-state index contributed by atoms with van der Waals surface area (Å²) in [5, 5.41) is 0. The molecule has 43 heavy (non-hydrogen) atoms. The molecule has 0 N–H and O–H groups in total. The normalized spacial score (nSPS) is 22.0. The van der Waals surface area contributed by atoms with E-state index in [2.05, 4.69) is 61.3 Å². The largest absolute Gasteiger partial charge is 2.00 e. The maximum Gasteiger partial charge on any atom is 2.00 e. The van der Waals surface area contributed by atoms with Crippen LogP contribution >= 0.6 is 0 Å². The monoisotopic (exact) mass is 672 g/mol. The summed E-state index contributed by atoms with van der Waals surface area (Å²) in [5.74, 6) is 0. The third-order valence-electron chi connectivity index (χ3n) is 9.77. The Bertz CT molecular complexity index is 955. The molecule has 4 saturated carbocycles. The van der Waals surface area contributed by atoms with Gasteiger partial charge in [-0.05, 0) is 63.8 Å². The molecule has 0 amide bonds. The summed E-state index contributed by atoms with van der Waals surface area (Å²) in [6.07, 6.45) is 34.8. The average molecular weight is 673 g/mol. The van der Waals surface area contributed by atoms with Gasteiger partial charge in [0.05, 0.1) is 0 Å². The topological polar surface area (TPSA) is 49.4 Å². The van der Waals surface area contributed by atoms with Crippen LogP contribution in [0.4, 0.5) is 0 Å². The van der Waals surface area contributed by atoms with Crippen LogP contribution in [0, 0.1) is 0 Å². The van der Waals surface area contributed by atoms with Gasteiger partial charge in [-0.2, -0.15) is 24.3 Å². The molecule has 4 nitrogen and oxygen atoms in total. The molecule has 0 aliphatic heterocycles. The molecule has 0 atom stereocenters. The zero-order valence-electron chi connectivity index (χ0n) is 26.3. The Kier molecular flexibility index (Phi) is 15.3. The van der Waals surface area contributed by atoms with Gasteiger partial charge in [0.2, 0.25) is 0 Å². The predicted octanol–water partition coefficient (Wildman–Crippen LogP) is 9.81. The van der Waals surface area contributed by atoms with Crippen LogP contribution in [0.2, 0.25) is 0 Å². The molecule has 236 valence electrons. The van der Waals surface area contributed by atoms with Gasteiger partial charge in [0.1, 0.15) is 0 Å². The Hall–Kier alpha value is -1.96. The van der Waals surface area contributed by atoms with Crippen molar-refractivity contribution in [1.29, 1.82) is 0 Å². The first-order valence-corrected chi connectivity index (χ1v) is 17.5. The molecule has 6 rings (SSSR count). The number of hydrogen-bond donors (Lipinski definition) is 0. The molecule has 0 saturated heterocycles. The Balaban J connectivity index is 0.000000192. The van der Waals surface area contributed by atoms with Crippen LogP contribution in [-0.4, -0.2) is 49.0 Å². The van der Waals surface area contributed by atoms with E-state index >= 15 is 0 Å². The molecule has 0 bridgehead atoms. The van der Waals surface area contributed by atoms with Crippen molar-refractivity contribution in [3.63, 3.8) is 0 Å². The zero-order valence-corrected chi connectivity index (χ0v) is 27.9. The first kappa shape index (κ1) is 33.9. The van der Waals surface area contributed by atoms with Gasteiger partial charge in [0, 0.05) is 24.2 Å². The van der Waals surface area contributed by atoms with E-state index in [0.29, 0.717) is 24.2 Å². The zero-order chi connectivity index (χ0) is 28.7. The molecule has 2 aromatic rings. The summed E-state index contributed by atoms with van der Waals surface area (Å²) in [6, 6.07) is 15.1. The number of nitrogens with zero attached hydrogens (tertiary/aromatic N) is 4. The number of hydrogen-bond acceptors (Lipinski definition) is 4. The van der Waals surface area contributed by atoms with Crippen molar-refractivity contribution in [2.24, 2.45) is 20.0 Å². The Morgan fingerprint density at radius 3 is 1.07 bits per heavy atom. The van der Waals surface area contributed by atoms with Crippen molar-refractivity contribution in [1.82, 2.24) is 0 Å². The second kappa shape index (κ2) is 19.4. The molecule has 4 aliphatic rings. The van der Waals surface area contributed by atoms with Crippen molar-refractivity contribution >= 4 is 24.9 Å².